The van der Waals surface area contributed by atoms with Crippen molar-refractivity contribution >= 4 is 28.9 Å². The summed E-state index contributed by atoms with van der Waals surface area (Å²) in [5.74, 6) is -1.11. The Labute approximate surface area is 168 Å². The SMILES string of the molecule is Cc1ccc(N2C(=O)[C@H]3C(c4ccccc4)=NN(c4ccccc4)[C@H]3C2=O)cc1. The highest BCUT2D eigenvalue weighted by molar-refractivity contribution is 6.34. The normalized spacial score (nSPS) is 20.8. The highest BCUT2D eigenvalue weighted by Gasteiger charge is 2.57. The lowest BCUT2D eigenvalue weighted by molar-refractivity contribution is -0.121. The van der Waals surface area contributed by atoms with E-state index in [1.54, 1.807) is 5.01 Å². The topological polar surface area (TPSA) is 53.0 Å². The van der Waals surface area contributed by atoms with E-state index < -0.39 is 12.0 Å². The van der Waals surface area contributed by atoms with Crippen LogP contribution in [0.15, 0.2) is 90.0 Å². The Kier molecular flexibility index (Phi) is 4.02. The average molecular weight is 381 g/mol. The van der Waals surface area contributed by atoms with Crippen LogP contribution in [0.3, 0.4) is 0 Å². The minimum absolute atomic E-state index is 0.232. The summed E-state index contributed by atoms with van der Waals surface area (Å²) < 4.78 is 0. The molecule has 0 unspecified atom stereocenters. The number of para-hydroxylation sites is 1. The molecular formula is C24H19N3O2. The van der Waals surface area contributed by atoms with E-state index in [4.69, 9.17) is 5.10 Å². The van der Waals surface area contributed by atoms with Crippen LogP contribution < -0.4 is 9.91 Å². The van der Waals surface area contributed by atoms with E-state index >= 15 is 0 Å². The van der Waals surface area contributed by atoms with E-state index in [0.29, 0.717) is 11.4 Å². The number of fused-ring (bicyclic) bond motifs is 1. The summed E-state index contributed by atoms with van der Waals surface area (Å²) in [7, 11) is 0. The van der Waals surface area contributed by atoms with Gasteiger partial charge < -0.3 is 0 Å². The second kappa shape index (κ2) is 6.71. The predicted octanol–water partition coefficient (Wildman–Crippen LogP) is 3.78. The van der Waals surface area contributed by atoms with Crippen LogP contribution in [0.5, 0.6) is 0 Å². The summed E-state index contributed by atoms with van der Waals surface area (Å²) in [5.41, 5.74) is 3.95. The van der Waals surface area contributed by atoms with E-state index in [2.05, 4.69) is 0 Å². The Balaban J connectivity index is 1.63. The van der Waals surface area contributed by atoms with Gasteiger partial charge in [0.15, 0.2) is 0 Å². The van der Waals surface area contributed by atoms with E-state index in [1.807, 2.05) is 91.9 Å². The van der Waals surface area contributed by atoms with E-state index in [-0.39, 0.29) is 11.8 Å². The fourth-order valence-corrected chi connectivity index (χ4v) is 4.00. The summed E-state index contributed by atoms with van der Waals surface area (Å²) in [6.45, 7) is 1.98. The van der Waals surface area contributed by atoms with Gasteiger partial charge in [0.25, 0.3) is 5.91 Å². The van der Waals surface area contributed by atoms with Crippen molar-refractivity contribution in [2.45, 2.75) is 13.0 Å². The fraction of sp³-hybridized carbons (Fsp3) is 0.125. The standard InChI is InChI=1S/C24H19N3O2/c1-16-12-14-18(15-13-16)26-23(28)20-21(17-8-4-2-5-9-17)25-27(22(20)24(26)29)19-10-6-3-7-11-19/h2-15,20,22H,1H3/t20-,22+/m0/s1. The molecule has 5 nitrogen and oxygen atoms in total. The van der Waals surface area contributed by atoms with Gasteiger partial charge in [0.2, 0.25) is 5.91 Å². The maximum absolute atomic E-state index is 13.4. The van der Waals surface area contributed by atoms with E-state index in [1.165, 1.54) is 4.90 Å². The Morgan fingerprint density at radius 1 is 0.724 bits per heavy atom. The number of imide groups is 1. The molecule has 5 heteroatoms. The number of hydrogen-bond acceptors (Lipinski definition) is 4. The van der Waals surface area contributed by atoms with Crippen LogP contribution in [0.25, 0.3) is 0 Å². The zero-order valence-electron chi connectivity index (χ0n) is 15.9. The van der Waals surface area contributed by atoms with E-state index in [9.17, 15) is 9.59 Å². The van der Waals surface area contributed by atoms with Gasteiger partial charge in [-0.1, -0.05) is 66.2 Å². The molecule has 0 aliphatic carbocycles. The van der Waals surface area contributed by atoms with Crippen LogP contribution in [0.2, 0.25) is 0 Å². The van der Waals surface area contributed by atoms with Crippen LogP contribution in [-0.4, -0.2) is 23.6 Å². The van der Waals surface area contributed by atoms with Gasteiger partial charge in [-0.25, -0.2) is 4.90 Å². The van der Waals surface area contributed by atoms with E-state index in [0.717, 1.165) is 16.8 Å². The fourth-order valence-electron chi connectivity index (χ4n) is 4.00. The van der Waals surface area contributed by atoms with Gasteiger partial charge in [0.05, 0.1) is 17.1 Å². The number of amides is 2. The minimum atomic E-state index is -0.679. The summed E-state index contributed by atoms with van der Waals surface area (Å²) in [6, 6.07) is 25.9. The van der Waals surface area contributed by atoms with Gasteiger partial charge in [0.1, 0.15) is 12.0 Å². The summed E-state index contributed by atoms with van der Waals surface area (Å²) >= 11 is 0. The lowest BCUT2D eigenvalue weighted by Crippen LogP contribution is -2.39. The van der Waals surface area contributed by atoms with Gasteiger partial charge in [-0.15, -0.1) is 0 Å². The van der Waals surface area contributed by atoms with Gasteiger partial charge in [-0.05, 0) is 36.8 Å². The number of carbonyl (C=O) groups excluding carboxylic acids is 2. The Hall–Kier alpha value is -3.73. The molecule has 2 atom stereocenters. The largest absolute Gasteiger partial charge is 0.273 e. The Morgan fingerprint density at radius 3 is 2.00 bits per heavy atom. The van der Waals surface area contributed by atoms with Crippen molar-refractivity contribution < 1.29 is 9.59 Å². The molecule has 0 aromatic heterocycles. The van der Waals surface area contributed by atoms with Crippen molar-refractivity contribution in [1.82, 2.24) is 0 Å². The molecule has 2 heterocycles. The molecule has 2 aliphatic heterocycles. The van der Waals surface area contributed by atoms with Crippen LogP contribution in [0.4, 0.5) is 11.4 Å². The molecule has 2 aliphatic rings. The first kappa shape index (κ1) is 17.4. The molecule has 5 rings (SSSR count). The Morgan fingerprint density at radius 2 is 1.34 bits per heavy atom. The molecule has 1 saturated heterocycles. The maximum Gasteiger partial charge on any atom is 0.259 e. The van der Waals surface area contributed by atoms with Crippen molar-refractivity contribution in [3.63, 3.8) is 0 Å². The second-order valence-electron chi connectivity index (χ2n) is 7.30. The molecule has 0 saturated carbocycles. The summed E-state index contributed by atoms with van der Waals surface area (Å²) in [6.07, 6.45) is 0. The first-order chi connectivity index (χ1) is 14.1. The second-order valence-corrected chi connectivity index (χ2v) is 7.30. The highest BCUT2D eigenvalue weighted by Crippen LogP contribution is 2.39. The quantitative estimate of drug-likeness (QED) is 0.649. The molecule has 29 heavy (non-hydrogen) atoms. The third-order valence-electron chi connectivity index (χ3n) is 5.43. The maximum atomic E-state index is 13.4. The van der Waals surface area contributed by atoms with Gasteiger partial charge >= 0.3 is 0 Å². The van der Waals surface area contributed by atoms with Crippen LogP contribution in [0, 0.1) is 12.8 Å². The lowest BCUT2D eigenvalue weighted by Gasteiger charge is -2.22. The molecule has 142 valence electrons. The molecular weight excluding hydrogens is 362 g/mol. The smallest absolute Gasteiger partial charge is 0.259 e. The number of hydrogen-bond donors (Lipinski definition) is 0. The molecule has 0 spiro atoms. The molecule has 3 aromatic rings. The first-order valence-electron chi connectivity index (χ1n) is 9.58. The van der Waals surface area contributed by atoms with Crippen molar-refractivity contribution in [2.24, 2.45) is 11.0 Å². The monoisotopic (exact) mass is 381 g/mol. The number of nitrogens with zero attached hydrogens (tertiary/aromatic N) is 3. The third kappa shape index (κ3) is 2.74. The van der Waals surface area contributed by atoms with Crippen molar-refractivity contribution in [1.29, 1.82) is 0 Å². The highest BCUT2D eigenvalue weighted by atomic mass is 16.2. The summed E-state index contributed by atoms with van der Waals surface area (Å²) in [4.78, 5) is 28.2. The Bertz CT molecular complexity index is 1110. The molecule has 3 aromatic carbocycles. The summed E-state index contributed by atoms with van der Waals surface area (Å²) in [5, 5.41) is 6.43. The average Bonchev–Trinajstić information content (AvgIpc) is 3.27. The number of rotatable bonds is 3. The molecule has 1 fully saturated rings. The number of carbonyl (C=O) groups is 2. The zero-order valence-corrected chi connectivity index (χ0v) is 15.9. The predicted molar refractivity (Wildman–Crippen MR) is 113 cm³/mol. The lowest BCUT2D eigenvalue weighted by atomic mass is 9.93. The molecule has 0 bridgehead atoms. The van der Waals surface area contributed by atoms with Crippen LogP contribution >= 0.6 is 0 Å². The third-order valence-corrected chi connectivity index (χ3v) is 5.43. The molecule has 2 amide bonds. The number of hydrazone groups is 1. The van der Waals surface area contributed by atoms with Crippen LogP contribution in [-0.2, 0) is 9.59 Å². The van der Waals surface area contributed by atoms with Gasteiger partial charge in [-0.2, -0.15) is 5.10 Å². The van der Waals surface area contributed by atoms with Crippen molar-refractivity contribution in [2.75, 3.05) is 9.91 Å². The van der Waals surface area contributed by atoms with Crippen molar-refractivity contribution in [3.05, 3.63) is 96.1 Å². The zero-order chi connectivity index (χ0) is 20.0. The van der Waals surface area contributed by atoms with Crippen LogP contribution in [0.1, 0.15) is 11.1 Å². The molecule has 0 N–H and O–H groups in total. The number of anilines is 2. The number of benzene rings is 3. The molecule has 0 radical (unpaired) electrons. The first-order valence-corrected chi connectivity index (χ1v) is 9.58. The van der Waals surface area contributed by atoms with Gasteiger partial charge in [-0.3, -0.25) is 14.6 Å². The van der Waals surface area contributed by atoms with Gasteiger partial charge in [0, 0.05) is 0 Å². The number of aryl methyl sites for hydroxylation is 1. The van der Waals surface area contributed by atoms with Crippen molar-refractivity contribution in [3.8, 4) is 0 Å². The minimum Gasteiger partial charge on any atom is -0.273 e.